The van der Waals surface area contributed by atoms with Crippen molar-refractivity contribution in [2.24, 2.45) is 16.6 Å². The van der Waals surface area contributed by atoms with Crippen LogP contribution in [0.25, 0.3) is 0 Å². The summed E-state index contributed by atoms with van der Waals surface area (Å²) >= 11 is 0. The lowest BCUT2D eigenvalue weighted by Crippen LogP contribution is -2.48. The van der Waals surface area contributed by atoms with E-state index in [1.165, 1.54) is 0 Å². The van der Waals surface area contributed by atoms with Gasteiger partial charge < -0.3 is 30.2 Å². The summed E-state index contributed by atoms with van der Waals surface area (Å²) in [6.45, 7) is 3.10. The average Bonchev–Trinajstić information content (AvgIpc) is 3.09. The second-order valence-corrected chi connectivity index (χ2v) is 6.46. The van der Waals surface area contributed by atoms with Crippen molar-refractivity contribution in [1.29, 1.82) is 0 Å². The number of rotatable bonds is 6. The van der Waals surface area contributed by atoms with Gasteiger partial charge in [0.25, 0.3) is 0 Å². The van der Waals surface area contributed by atoms with Crippen LogP contribution in [0.1, 0.15) is 19.3 Å². The van der Waals surface area contributed by atoms with Crippen LogP contribution in [0.3, 0.4) is 0 Å². The molecule has 26 heavy (non-hydrogen) atoms. The zero-order chi connectivity index (χ0) is 18.4. The molecular formula is C18H26N4O4. The minimum atomic E-state index is -0.239. The second-order valence-electron chi connectivity index (χ2n) is 6.46. The molecule has 0 aliphatic carbocycles. The molecule has 1 unspecified atom stereocenters. The molecular weight excluding hydrogens is 336 g/mol. The maximum Gasteiger partial charge on any atom is 0.231 e. The van der Waals surface area contributed by atoms with E-state index in [4.69, 9.17) is 19.9 Å². The van der Waals surface area contributed by atoms with Gasteiger partial charge in [-0.1, -0.05) is 0 Å². The van der Waals surface area contributed by atoms with Crippen molar-refractivity contribution < 1.29 is 19.0 Å². The number of fused-ring (bicyclic) bond motifs is 1. The smallest absolute Gasteiger partial charge is 0.231 e. The highest BCUT2D eigenvalue weighted by Crippen LogP contribution is 2.34. The third kappa shape index (κ3) is 4.71. The maximum absolute atomic E-state index is 11.2. The van der Waals surface area contributed by atoms with E-state index in [-0.39, 0.29) is 12.7 Å². The Hall–Kier alpha value is -2.64. The molecule has 0 spiro atoms. The fraction of sp³-hybridized carbons (Fsp3) is 0.556. The number of carbonyl (C=O) groups excluding carboxylic acids is 1. The molecule has 142 valence electrons. The first kappa shape index (κ1) is 18.2. The predicted octanol–water partition coefficient (Wildman–Crippen LogP) is 0.957. The third-order valence-electron chi connectivity index (χ3n) is 4.52. The number of primary amides is 1. The highest BCUT2D eigenvalue weighted by molar-refractivity contribution is 5.80. The maximum atomic E-state index is 11.2. The molecule has 0 bridgehead atoms. The number of carbonyl (C=O) groups is 1. The molecule has 1 atom stereocenters. The summed E-state index contributed by atoms with van der Waals surface area (Å²) < 4.78 is 16.4. The molecule has 2 heterocycles. The molecule has 0 saturated carbocycles. The van der Waals surface area contributed by atoms with Gasteiger partial charge in [-0.2, -0.15) is 0 Å². The molecule has 2 aliphatic heterocycles. The summed E-state index contributed by atoms with van der Waals surface area (Å²) in [5.74, 6) is 3.08. The number of aliphatic imine (C=N–C) groups is 1. The monoisotopic (exact) mass is 362 g/mol. The normalized spacial score (nSPS) is 19.3. The summed E-state index contributed by atoms with van der Waals surface area (Å²) in [5.41, 5.74) is 5.33. The number of guanidine groups is 1. The number of ether oxygens (including phenoxy) is 3. The van der Waals surface area contributed by atoms with Crippen molar-refractivity contribution in [3.8, 4) is 17.2 Å². The molecule has 0 radical (unpaired) electrons. The molecule has 8 heteroatoms. The van der Waals surface area contributed by atoms with E-state index >= 15 is 0 Å². The van der Waals surface area contributed by atoms with Crippen LogP contribution in [0.5, 0.6) is 17.2 Å². The Bertz CT molecular complexity index is 665. The highest BCUT2D eigenvalue weighted by atomic mass is 16.7. The molecule has 8 nitrogen and oxygen atoms in total. The number of hydrogen-bond acceptors (Lipinski definition) is 5. The molecule has 3 N–H and O–H groups in total. The van der Waals surface area contributed by atoms with Crippen LogP contribution < -0.4 is 25.3 Å². The molecule has 1 fully saturated rings. The minimum absolute atomic E-state index is 0.239. The van der Waals surface area contributed by atoms with Crippen LogP contribution in [0.4, 0.5) is 0 Å². The van der Waals surface area contributed by atoms with Crippen molar-refractivity contribution in [2.75, 3.05) is 40.1 Å². The summed E-state index contributed by atoms with van der Waals surface area (Å²) in [7, 11) is 1.76. The molecule has 1 aromatic carbocycles. The summed E-state index contributed by atoms with van der Waals surface area (Å²) in [4.78, 5) is 17.7. The second kappa shape index (κ2) is 8.64. The lowest BCUT2D eigenvalue weighted by molar-refractivity contribution is -0.119. The zero-order valence-corrected chi connectivity index (χ0v) is 15.1. The van der Waals surface area contributed by atoms with E-state index in [2.05, 4.69) is 15.2 Å². The number of piperidine rings is 1. The van der Waals surface area contributed by atoms with Crippen LogP contribution in [0.15, 0.2) is 23.2 Å². The largest absolute Gasteiger partial charge is 0.492 e. The summed E-state index contributed by atoms with van der Waals surface area (Å²) in [6.07, 6.45) is 2.50. The lowest BCUT2D eigenvalue weighted by Gasteiger charge is -2.34. The van der Waals surface area contributed by atoms with Gasteiger partial charge in [0.15, 0.2) is 17.5 Å². The number of hydrogen-bond donors (Lipinski definition) is 2. The Kier molecular flexibility index (Phi) is 6.04. The molecule has 1 amide bonds. The van der Waals surface area contributed by atoms with Gasteiger partial charge in [-0.3, -0.25) is 9.79 Å². The quantitative estimate of drug-likeness (QED) is 0.444. The Labute approximate surface area is 153 Å². The van der Waals surface area contributed by atoms with Crippen molar-refractivity contribution in [3.05, 3.63) is 18.2 Å². The van der Waals surface area contributed by atoms with Crippen LogP contribution in [-0.2, 0) is 4.79 Å². The molecule has 1 aromatic rings. The number of nitrogens with zero attached hydrogens (tertiary/aromatic N) is 2. The van der Waals surface area contributed by atoms with Crippen molar-refractivity contribution >= 4 is 11.9 Å². The van der Waals surface area contributed by atoms with E-state index < -0.39 is 0 Å². The molecule has 3 rings (SSSR count). The van der Waals surface area contributed by atoms with E-state index in [9.17, 15) is 4.79 Å². The number of likely N-dealkylation sites (tertiary alicyclic amines) is 1. The minimum Gasteiger partial charge on any atom is -0.492 e. The van der Waals surface area contributed by atoms with E-state index in [0.717, 1.165) is 43.4 Å². The average molecular weight is 362 g/mol. The fourth-order valence-corrected chi connectivity index (χ4v) is 3.34. The van der Waals surface area contributed by atoms with Crippen LogP contribution >= 0.6 is 0 Å². The van der Waals surface area contributed by atoms with Crippen LogP contribution in [0.2, 0.25) is 0 Å². The number of nitrogens with two attached hydrogens (primary N) is 1. The standard InChI is InChI=1S/C18H26N4O4/c1-20-18(22-7-2-3-13(11-22)9-17(19)23)21-6-8-24-14-4-5-15-16(10-14)26-12-25-15/h4-5,10,13H,2-3,6-9,11-12H2,1H3,(H2,19,23)(H,20,21). The molecule has 1 saturated heterocycles. The van der Waals surface area contributed by atoms with E-state index in [1.807, 2.05) is 18.2 Å². The fourth-order valence-electron chi connectivity index (χ4n) is 3.34. The van der Waals surface area contributed by atoms with Crippen molar-refractivity contribution in [1.82, 2.24) is 10.2 Å². The van der Waals surface area contributed by atoms with Gasteiger partial charge in [0, 0.05) is 32.6 Å². The Balaban J connectivity index is 1.43. The van der Waals surface area contributed by atoms with Gasteiger partial charge in [-0.05, 0) is 30.9 Å². The van der Waals surface area contributed by atoms with Gasteiger partial charge in [0.2, 0.25) is 12.7 Å². The third-order valence-corrected chi connectivity index (χ3v) is 4.52. The van der Waals surface area contributed by atoms with Gasteiger partial charge in [0.05, 0.1) is 6.54 Å². The van der Waals surface area contributed by atoms with Gasteiger partial charge in [-0.25, -0.2) is 0 Å². The first-order valence-corrected chi connectivity index (χ1v) is 8.92. The van der Waals surface area contributed by atoms with Crippen LogP contribution in [-0.4, -0.2) is 56.8 Å². The molecule has 0 aromatic heterocycles. The zero-order valence-electron chi connectivity index (χ0n) is 15.1. The van der Waals surface area contributed by atoms with Crippen molar-refractivity contribution in [3.63, 3.8) is 0 Å². The predicted molar refractivity (Wildman–Crippen MR) is 97.5 cm³/mol. The summed E-state index contributed by atoms with van der Waals surface area (Å²) in [5, 5.41) is 3.31. The first-order valence-electron chi connectivity index (χ1n) is 8.92. The van der Waals surface area contributed by atoms with E-state index in [1.54, 1.807) is 7.05 Å². The van der Waals surface area contributed by atoms with Gasteiger partial charge in [-0.15, -0.1) is 0 Å². The number of benzene rings is 1. The van der Waals surface area contributed by atoms with Gasteiger partial charge in [0.1, 0.15) is 12.4 Å². The Morgan fingerprint density at radius 1 is 1.42 bits per heavy atom. The van der Waals surface area contributed by atoms with E-state index in [0.29, 0.717) is 31.2 Å². The lowest BCUT2D eigenvalue weighted by atomic mass is 9.95. The highest BCUT2D eigenvalue weighted by Gasteiger charge is 2.23. The summed E-state index contributed by atoms with van der Waals surface area (Å²) in [6, 6.07) is 5.54. The van der Waals surface area contributed by atoms with Crippen LogP contribution in [0, 0.1) is 5.92 Å². The van der Waals surface area contributed by atoms with Gasteiger partial charge >= 0.3 is 0 Å². The molecule has 2 aliphatic rings. The Morgan fingerprint density at radius 2 is 2.27 bits per heavy atom. The first-order chi connectivity index (χ1) is 12.7. The number of nitrogens with one attached hydrogen (secondary N) is 1. The van der Waals surface area contributed by atoms with Crippen molar-refractivity contribution in [2.45, 2.75) is 19.3 Å². The Morgan fingerprint density at radius 3 is 3.08 bits per heavy atom. The number of amides is 1. The topological polar surface area (TPSA) is 98.4 Å². The SMILES string of the molecule is CN=C(NCCOc1ccc2c(c1)OCO2)N1CCCC(CC(N)=O)C1.